The van der Waals surface area contributed by atoms with E-state index in [-0.39, 0.29) is 17.0 Å². The topological polar surface area (TPSA) is 88.2 Å². The van der Waals surface area contributed by atoms with Crippen molar-refractivity contribution in [2.24, 2.45) is 0 Å². The van der Waals surface area contributed by atoms with Crippen LogP contribution < -0.4 is 11.1 Å². The predicted molar refractivity (Wildman–Crippen MR) is 69.4 cm³/mol. The molecule has 0 radical (unpaired) electrons. The molecule has 0 unspecified atom stereocenters. The molecule has 0 saturated carbocycles. The number of anilines is 2. The van der Waals surface area contributed by atoms with Crippen LogP contribution in [0.1, 0.15) is 15.9 Å². The van der Waals surface area contributed by atoms with Crippen molar-refractivity contribution in [3.8, 4) is 5.75 Å². The number of pyridine rings is 1. The van der Waals surface area contributed by atoms with Gasteiger partial charge in [0.1, 0.15) is 0 Å². The lowest BCUT2D eigenvalue weighted by Crippen LogP contribution is -2.13. The zero-order valence-electron chi connectivity index (χ0n) is 9.84. The van der Waals surface area contributed by atoms with Crippen molar-refractivity contribution in [1.82, 2.24) is 4.98 Å². The summed E-state index contributed by atoms with van der Waals surface area (Å²) in [5.74, 6) is -0.632. The van der Waals surface area contributed by atoms with Crippen LogP contribution in [0, 0.1) is 6.92 Å². The lowest BCUT2D eigenvalue weighted by Gasteiger charge is -2.09. The van der Waals surface area contributed by atoms with E-state index in [9.17, 15) is 9.90 Å². The van der Waals surface area contributed by atoms with Gasteiger partial charge < -0.3 is 16.2 Å². The fourth-order valence-electron chi connectivity index (χ4n) is 1.53. The number of nitrogens with two attached hydrogens (primary N) is 1. The number of rotatable bonds is 2. The minimum atomic E-state index is -0.420. The number of hydrogen-bond acceptors (Lipinski definition) is 4. The van der Waals surface area contributed by atoms with Crippen LogP contribution in [0.15, 0.2) is 36.7 Å². The molecule has 0 aliphatic heterocycles. The molecule has 5 heteroatoms. The molecule has 5 nitrogen and oxygen atoms in total. The Kier molecular flexibility index (Phi) is 3.14. The summed E-state index contributed by atoms with van der Waals surface area (Å²) in [4.78, 5) is 15.9. The second kappa shape index (κ2) is 4.75. The Morgan fingerprint density at radius 1 is 1.39 bits per heavy atom. The summed E-state index contributed by atoms with van der Waals surface area (Å²) in [7, 11) is 0. The molecule has 2 rings (SSSR count). The molecule has 1 amide bonds. The number of aromatic nitrogens is 1. The molecule has 0 fully saturated rings. The molecule has 0 aliphatic carbocycles. The van der Waals surface area contributed by atoms with Crippen LogP contribution in [0.2, 0.25) is 0 Å². The van der Waals surface area contributed by atoms with Crippen LogP contribution in [0.5, 0.6) is 5.75 Å². The second-order valence-electron chi connectivity index (χ2n) is 3.89. The minimum Gasteiger partial charge on any atom is -0.505 e. The molecule has 1 aromatic heterocycles. The monoisotopic (exact) mass is 243 g/mol. The van der Waals surface area contributed by atoms with Crippen LogP contribution >= 0.6 is 0 Å². The number of para-hydroxylation sites is 1. The first-order valence-corrected chi connectivity index (χ1v) is 5.39. The number of benzene rings is 1. The number of phenolic OH excluding ortho intramolecular Hbond substituents is 1. The van der Waals surface area contributed by atoms with Crippen molar-refractivity contribution >= 4 is 17.3 Å². The summed E-state index contributed by atoms with van der Waals surface area (Å²) in [6, 6.07) is 6.43. The van der Waals surface area contributed by atoms with Crippen molar-refractivity contribution in [2.45, 2.75) is 6.92 Å². The smallest absolute Gasteiger partial charge is 0.259 e. The van der Waals surface area contributed by atoms with Crippen LogP contribution in [-0.4, -0.2) is 16.0 Å². The number of nitrogens with one attached hydrogen (secondary N) is 1. The van der Waals surface area contributed by atoms with E-state index < -0.39 is 5.91 Å². The fraction of sp³-hybridized carbons (Fsp3) is 0.0769. The van der Waals surface area contributed by atoms with Crippen LogP contribution in [0.3, 0.4) is 0 Å². The van der Waals surface area contributed by atoms with E-state index >= 15 is 0 Å². The maximum Gasteiger partial charge on any atom is 0.259 e. The molecule has 4 N–H and O–H groups in total. The predicted octanol–water partition coefficient (Wildman–Crippen LogP) is 1.93. The van der Waals surface area contributed by atoms with Gasteiger partial charge >= 0.3 is 0 Å². The first kappa shape index (κ1) is 11.9. The van der Waals surface area contributed by atoms with E-state index in [0.29, 0.717) is 5.69 Å². The van der Waals surface area contributed by atoms with E-state index in [0.717, 1.165) is 5.56 Å². The van der Waals surface area contributed by atoms with E-state index in [1.165, 1.54) is 12.1 Å². The Bertz CT molecular complexity index is 597. The van der Waals surface area contributed by atoms with Crippen molar-refractivity contribution in [3.63, 3.8) is 0 Å². The fourth-order valence-corrected chi connectivity index (χ4v) is 1.53. The average molecular weight is 243 g/mol. The number of nitrogens with zero attached hydrogens (tertiary/aromatic N) is 1. The standard InChI is InChI=1S/C13H13N3O2/c1-8-5-6-15-7-11(8)16-13(18)9-3-2-4-10(14)12(9)17/h2-7,17H,14H2,1H3,(H,16,18). The van der Waals surface area contributed by atoms with Crippen molar-refractivity contribution in [1.29, 1.82) is 0 Å². The van der Waals surface area contributed by atoms with Gasteiger partial charge in [0.05, 0.1) is 23.1 Å². The Morgan fingerprint density at radius 3 is 2.89 bits per heavy atom. The van der Waals surface area contributed by atoms with E-state index in [2.05, 4.69) is 10.3 Å². The lowest BCUT2D eigenvalue weighted by atomic mass is 10.1. The third kappa shape index (κ3) is 2.24. The minimum absolute atomic E-state index is 0.137. The summed E-state index contributed by atoms with van der Waals surface area (Å²) >= 11 is 0. The number of nitrogen functional groups attached to an aromatic ring is 1. The number of aryl methyl sites for hydroxylation is 1. The zero-order valence-corrected chi connectivity index (χ0v) is 9.84. The summed E-state index contributed by atoms with van der Waals surface area (Å²) in [5, 5.41) is 12.4. The third-order valence-corrected chi connectivity index (χ3v) is 2.60. The number of aromatic hydroxyl groups is 1. The molecule has 1 heterocycles. The molecule has 0 atom stereocenters. The van der Waals surface area contributed by atoms with Gasteiger partial charge in [0.15, 0.2) is 5.75 Å². The first-order valence-electron chi connectivity index (χ1n) is 5.39. The molecule has 0 saturated heterocycles. The highest BCUT2D eigenvalue weighted by Crippen LogP contribution is 2.25. The van der Waals surface area contributed by atoms with Crippen molar-refractivity contribution in [2.75, 3.05) is 11.1 Å². The van der Waals surface area contributed by atoms with Crippen LogP contribution in [-0.2, 0) is 0 Å². The van der Waals surface area contributed by atoms with Gasteiger partial charge in [-0.1, -0.05) is 6.07 Å². The van der Waals surface area contributed by atoms with Gasteiger partial charge in [-0.25, -0.2) is 0 Å². The van der Waals surface area contributed by atoms with Gasteiger partial charge in [-0.2, -0.15) is 0 Å². The highest BCUT2D eigenvalue weighted by Gasteiger charge is 2.13. The highest BCUT2D eigenvalue weighted by molar-refractivity contribution is 6.07. The summed E-state index contributed by atoms with van der Waals surface area (Å²) in [5.41, 5.74) is 7.34. The second-order valence-corrected chi connectivity index (χ2v) is 3.89. The molecule has 92 valence electrons. The molecule has 2 aromatic rings. The molecule has 0 bridgehead atoms. The Hall–Kier alpha value is -2.56. The average Bonchev–Trinajstić information content (AvgIpc) is 2.35. The maximum atomic E-state index is 12.0. The number of carbonyl (C=O) groups is 1. The first-order chi connectivity index (χ1) is 8.59. The van der Waals surface area contributed by atoms with Gasteiger partial charge in [-0.3, -0.25) is 9.78 Å². The largest absolute Gasteiger partial charge is 0.505 e. The normalized spacial score (nSPS) is 10.1. The zero-order chi connectivity index (χ0) is 13.1. The van der Waals surface area contributed by atoms with Crippen molar-refractivity contribution in [3.05, 3.63) is 47.8 Å². The van der Waals surface area contributed by atoms with Crippen LogP contribution in [0.25, 0.3) is 0 Å². The molecular formula is C13H13N3O2. The SMILES string of the molecule is Cc1ccncc1NC(=O)c1cccc(N)c1O. The summed E-state index contributed by atoms with van der Waals surface area (Å²) in [6.45, 7) is 1.86. The molecule has 1 aromatic carbocycles. The Labute approximate surface area is 104 Å². The Morgan fingerprint density at radius 2 is 2.17 bits per heavy atom. The van der Waals surface area contributed by atoms with Gasteiger partial charge in [0, 0.05) is 6.20 Å². The quantitative estimate of drug-likeness (QED) is 0.555. The Balaban J connectivity index is 2.28. The van der Waals surface area contributed by atoms with Gasteiger partial charge in [0.25, 0.3) is 5.91 Å². The van der Waals surface area contributed by atoms with E-state index in [1.807, 2.05) is 6.92 Å². The molecule has 18 heavy (non-hydrogen) atoms. The number of hydrogen-bond donors (Lipinski definition) is 3. The summed E-state index contributed by atoms with van der Waals surface area (Å²) < 4.78 is 0. The van der Waals surface area contributed by atoms with Crippen LogP contribution in [0.4, 0.5) is 11.4 Å². The van der Waals surface area contributed by atoms with Gasteiger partial charge in [0.2, 0.25) is 0 Å². The maximum absolute atomic E-state index is 12.0. The van der Waals surface area contributed by atoms with Gasteiger partial charge in [-0.15, -0.1) is 0 Å². The molecule has 0 aliphatic rings. The lowest BCUT2D eigenvalue weighted by molar-refractivity contribution is 0.102. The highest BCUT2D eigenvalue weighted by atomic mass is 16.3. The van der Waals surface area contributed by atoms with Gasteiger partial charge in [-0.05, 0) is 30.7 Å². The van der Waals surface area contributed by atoms with E-state index in [1.54, 1.807) is 24.5 Å². The number of carbonyl (C=O) groups excluding carboxylic acids is 1. The molecular weight excluding hydrogens is 230 g/mol. The van der Waals surface area contributed by atoms with Crippen molar-refractivity contribution < 1.29 is 9.90 Å². The van der Waals surface area contributed by atoms with E-state index in [4.69, 9.17) is 5.73 Å². The third-order valence-electron chi connectivity index (χ3n) is 2.60. The number of amides is 1. The molecule has 0 spiro atoms. The number of phenols is 1. The summed E-state index contributed by atoms with van der Waals surface area (Å²) in [6.07, 6.45) is 3.19.